The molecule has 1 N–H and O–H groups in total. The molecule has 3 rings (SSSR count). The summed E-state index contributed by atoms with van der Waals surface area (Å²) in [7, 11) is -3.58. The average molecular weight is 435 g/mol. The lowest BCUT2D eigenvalue weighted by Gasteiger charge is -2.30. The topological polar surface area (TPSA) is 75.7 Å². The first kappa shape index (κ1) is 21.4. The summed E-state index contributed by atoms with van der Waals surface area (Å²) in [5, 5.41) is 3.38. The number of carbonyl (C=O) groups is 1. The average Bonchev–Trinajstić information content (AvgIpc) is 2.73. The van der Waals surface area contributed by atoms with E-state index < -0.39 is 10.0 Å². The van der Waals surface area contributed by atoms with Crippen molar-refractivity contribution >= 4 is 33.2 Å². The summed E-state index contributed by atoms with van der Waals surface area (Å²) in [6, 6.07) is 13.3. The molecular formula is C21H23ClN2O4S. The number of hydrogen-bond acceptors (Lipinski definition) is 4. The summed E-state index contributed by atoms with van der Waals surface area (Å²) >= 11 is 5.84. The van der Waals surface area contributed by atoms with Gasteiger partial charge >= 0.3 is 0 Å². The SMILES string of the molecule is C=CCOc1cccc(NC(=O)C2CCN(S(=O)(=O)c3ccc(Cl)cc3)CC2)c1. The third-order valence-corrected chi connectivity index (χ3v) is 6.91. The van der Waals surface area contributed by atoms with Gasteiger partial charge in [0.25, 0.3) is 0 Å². The van der Waals surface area contributed by atoms with Crippen LogP contribution in [-0.2, 0) is 14.8 Å². The molecule has 1 aliphatic heterocycles. The highest BCUT2D eigenvalue weighted by Crippen LogP contribution is 2.26. The molecule has 2 aromatic rings. The van der Waals surface area contributed by atoms with Gasteiger partial charge in [-0.05, 0) is 49.2 Å². The molecule has 0 aliphatic carbocycles. The predicted octanol–water partition coefficient (Wildman–Crippen LogP) is 3.94. The van der Waals surface area contributed by atoms with Crippen molar-refractivity contribution in [3.8, 4) is 5.75 Å². The van der Waals surface area contributed by atoms with Crippen molar-refractivity contribution in [1.29, 1.82) is 0 Å². The van der Waals surface area contributed by atoms with Gasteiger partial charge in [0.1, 0.15) is 12.4 Å². The molecule has 0 unspecified atom stereocenters. The second-order valence-corrected chi connectivity index (χ2v) is 9.12. The van der Waals surface area contributed by atoms with Gasteiger partial charge in [0.2, 0.25) is 15.9 Å². The number of sulfonamides is 1. The Hall–Kier alpha value is -2.35. The minimum atomic E-state index is -3.58. The second kappa shape index (κ2) is 9.43. The monoisotopic (exact) mass is 434 g/mol. The third-order valence-electron chi connectivity index (χ3n) is 4.75. The Labute approximate surface area is 176 Å². The van der Waals surface area contributed by atoms with Crippen molar-refractivity contribution in [2.45, 2.75) is 17.7 Å². The van der Waals surface area contributed by atoms with Crippen LogP contribution in [-0.4, -0.2) is 38.3 Å². The lowest BCUT2D eigenvalue weighted by atomic mass is 9.97. The normalized spacial score (nSPS) is 15.6. The Morgan fingerprint density at radius 3 is 2.55 bits per heavy atom. The summed E-state index contributed by atoms with van der Waals surface area (Å²) < 4.78 is 32.4. The minimum Gasteiger partial charge on any atom is -0.489 e. The van der Waals surface area contributed by atoms with Gasteiger partial charge in [-0.3, -0.25) is 4.79 Å². The summed E-state index contributed by atoms with van der Waals surface area (Å²) in [4.78, 5) is 12.8. The fourth-order valence-corrected chi connectivity index (χ4v) is 4.77. The quantitative estimate of drug-likeness (QED) is 0.669. The molecule has 0 atom stereocenters. The lowest BCUT2D eigenvalue weighted by molar-refractivity contribution is -0.120. The van der Waals surface area contributed by atoms with Crippen LogP contribution in [0.15, 0.2) is 66.1 Å². The molecule has 2 aromatic carbocycles. The third kappa shape index (κ3) is 5.38. The molecule has 1 saturated heterocycles. The maximum absolute atomic E-state index is 12.8. The van der Waals surface area contributed by atoms with Crippen molar-refractivity contribution in [2.75, 3.05) is 25.0 Å². The molecule has 6 nitrogen and oxygen atoms in total. The number of carbonyl (C=O) groups excluding carboxylic acids is 1. The molecule has 154 valence electrons. The fourth-order valence-electron chi connectivity index (χ4n) is 3.18. The van der Waals surface area contributed by atoms with E-state index in [4.69, 9.17) is 16.3 Å². The number of rotatable bonds is 7. The molecule has 0 saturated carbocycles. The van der Waals surface area contributed by atoms with Crippen LogP contribution in [0.25, 0.3) is 0 Å². The maximum Gasteiger partial charge on any atom is 0.243 e. The molecular weight excluding hydrogens is 412 g/mol. The van der Waals surface area contributed by atoms with Gasteiger partial charge in [-0.15, -0.1) is 0 Å². The first-order valence-corrected chi connectivity index (χ1v) is 11.1. The van der Waals surface area contributed by atoms with Crippen LogP contribution in [0.2, 0.25) is 5.02 Å². The Balaban J connectivity index is 1.58. The molecule has 0 aromatic heterocycles. The van der Waals surface area contributed by atoms with E-state index in [1.54, 1.807) is 42.5 Å². The first-order valence-electron chi connectivity index (χ1n) is 9.30. The lowest BCUT2D eigenvalue weighted by Crippen LogP contribution is -2.41. The molecule has 1 fully saturated rings. The van der Waals surface area contributed by atoms with E-state index in [0.717, 1.165) is 0 Å². The molecule has 29 heavy (non-hydrogen) atoms. The smallest absolute Gasteiger partial charge is 0.243 e. The van der Waals surface area contributed by atoms with E-state index in [-0.39, 0.29) is 16.7 Å². The maximum atomic E-state index is 12.8. The van der Waals surface area contributed by atoms with E-state index in [2.05, 4.69) is 11.9 Å². The zero-order chi connectivity index (χ0) is 20.9. The van der Waals surface area contributed by atoms with Crippen LogP contribution in [0.4, 0.5) is 5.69 Å². The van der Waals surface area contributed by atoms with E-state index in [1.165, 1.54) is 16.4 Å². The largest absolute Gasteiger partial charge is 0.489 e. The summed E-state index contributed by atoms with van der Waals surface area (Å²) in [5.74, 6) is 0.283. The Morgan fingerprint density at radius 2 is 1.90 bits per heavy atom. The number of ether oxygens (including phenoxy) is 1. The number of anilines is 1. The predicted molar refractivity (Wildman–Crippen MR) is 114 cm³/mol. The Morgan fingerprint density at radius 1 is 1.21 bits per heavy atom. The van der Waals surface area contributed by atoms with Crippen LogP contribution < -0.4 is 10.1 Å². The van der Waals surface area contributed by atoms with Crippen molar-refractivity contribution in [3.63, 3.8) is 0 Å². The van der Waals surface area contributed by atoms with Crippen LogP contribution in [0, 0.1) is 5.92 Å². The van der Waals surface area contributed by atoms with Crippen molar-refractivity contribution in [3.05, 3.63) is 66.2 Å². The van der Waals surface area contributed by atoms with Gasteiger partial charge in [-0.25, -0.2) is 8.42 Å². The molecule has 0 radical (unpaired) electrons. The van der Waals surface area contributed by atoms with Gasteiger partial charge in [-0.1, -0.05) is 30.3 Å². The van der Waals surface area contributed by atoms with E-state index in [9.17, 15) is 13.2 Å². The number of piperidine rings is 1. The van der Waals surface area contributed by atoms with E-state index in [0.29, 0.717) is 49.0 Å². The fraction of sp³-hybridized carbons (Fsp3) is 0.286. The molecule has 0 spiro atoms. The zero-order valence-electron chi connectivity index (χ0n) is 15.9. The number of halogens is 1. The van der Waals surface area contributed by atoms with Gasteiger partial charge < -0.3 is 10.1 Å². The molecule has 0 bridgehead atoms. The first-order chi connectivity index (χ1) is 13.9. The van der Waals surface area contributed by atoms with Gasteiger partial charge in [0, 0.05) is 35.8 Å². The number of hydrogen-bond donors (Lipinski definition) is 1. The van der Waals surface area contributed by atoms with Crippen LogP contribution >= 0.6 is 11.6 Å². The van der Waals surface area contributed by atoms with E-state index >= 15 is 0 Å². The Kier molecular flexibility index (Phi) is 6.95. The minimum absolute atomic E-state index is 0.116. The standard InChI is InChI=1S/C21H23ClN2O4S/c1-2-14-28-19-5-3-4-18(15-19)23-21(25)16-10-12-24(13-11-16)29(26,27)20-8-6-17(22)7-9-20/h2-9,15-16H,1,10-14H2,(H,23,25). The highest BCUT2D eigenvalue weighted by atomic mass is 35.5. The van der Waals surface area contributed by atoms with Gasteiger partial charge in [0.15, 0.2) is 0 Å². The number of nitrogens with one attached hydrogen (secondary N) is 1. The van der Waals surface area contributed by atoms with E-state index in [1.807, 2.05) is 0 Å². The number of amides is 1. The molecule has 1 aliphatic rings. The van der Waals surface area contributed by atoms with Gasteiger partial charge in [0.05, 0.1) is 4.90 Å². The molecule has 1 heterocycles. The molecule has 8 heteroatoms. The summed E-state index contributed by atoms with van der Waals surface area (Å²) in [5.41, 5.74) is 0.646. The Bertz CT molecular complexity index is 968. The summed E-state index contributed by atoms with van der Waals surface area (Å²) in [6.07, 6.45) is 2.58. The highest BCUT2D eigenvalue weighted by Gasteiger charge is 2.32. The molecule has 1 amide bonds. The van der Waals surface area contributed by atoms with Crippen molar-refractivity contribution < 1.29 is 17.9 Å². The van der Waals surface area contributed by atoms with Crippen molar-refractivity contribution in [1.82, 2.24) is 4.31 Å². The second-order valence-electron chi connectivity index (χ2n) is 6.75. The highest BCUT2D eigenvalue weighted by molar-refractivity contribution is 7.89. The zero-order valence-corrected chi connectivity index (χ0v) is 17.5. The van der Waals surface area contributed by atoms with Crippen molar-refractivity contribution in [2.24, 2.45) is 5.92 Å². The van der Waals surface area contributed by atoms with Crippen LogP contribution in [0.5, 0.6) is 5.75 Å². The van der Waals surface area contributed by atoms with Gasteiger partial charge in [-0.2, -0.15) is 4.31 Å². The summed E-state index contributed by atoms with van der Waals surface area (Å²) in [6.45, 7) is 4.59. The number of benzene rings is 2. The van der Waals surface area contributed by atoms with Crippen LogP contribution in [0.3, 0.4) is 0 Å². The number of nitrogens with zero attached hydrogens (tertiary/aromatic N) is 1. The van der Waals surface area contributed by atoms with Crippen LogP contribution in [0.1, 0.15) is 12.8 Å².